The molecular formula is C17H16N6O2S. The van der Waals surface area contributed by atoms with Crippen LogP contribution in [0.5, 0.6) is 5.75 Å². The summed E-state index contributed by atoms with van der Waals surface area (Å²) in [6, 6.07) is 7.52. The minimum Gasteiger partial charge on any atom is -0.494 e. The molecule has 0 fully saturated rings. The molecule has 8 nitrogen and oxygen atoms in total. The number of ether oxygens (including phenoxy) is 1. The van der Waals surface area contributed by atoms with Crippen molar-refractivity contribution in [2.45, 2.75) is 20.8 Å². The van der Waals surface area contributed by atoms with Crippen LogP contribution in [0.4, 0.5) is 5.13 Å². The molecule has 0 atom stereocenters. The number of carbonyl (C=O) groups is 1. The fourth-order valence-electron chi connectivity index (χ4n) is 2.63. The number of amides is 1. The zero-order chi connectivity index (χ0) is 18.3. The maximum atomic E-state index is 12.5. The second-order valence-corrected chi connectivity index (χ2v) is 6.75. The van der Waals surface area contributed by atoms with Crippen molar-refractivity contribution in [2.24, 2.45) is 0 Å². The highest BCUT2D eigenvalue weighted by Gasteiger charge is 2.17. The Morgan fingerprint density at radius 1 is 1.23 bits per heavy atom. The highest BCUT2D eigenvalue weighted by molar-refractivity contribution is 7.22. The maximum Gasteiger partial charge on any atom is 0.297 e. The van der Waals surface area contributed by atoms with E-state index in [1.165, 1.54) is 11.3 Å². The quantitative estimate of drug-likeness (QED) is 0.595. The van der Waals surface area contributed by atoms with E-state index in [1.54, 1.807) is 4.52 Å². The van der Waals surface area contributed by atoms with E-state index in [1.807, 2.05) is 45.0 Å². The van der Waals surface area contributed by atoms with Crippen LogP contribution >= 0.6 is 11.3 Å². The number of fused-ring (bicyclic) bond motifs is 2. The van der Waals surface area contributed by atoms with Crippen LogP contribution in [0.3, 0.4) is 0 Å². The molecule has 3 aromatic heterocycles. The SMILES string of the molecule is CCOc1ccc2nc(NC(=O)c3nc4nc(C)cc(C)n4n3)sc2c1. The Bertz CT molecular complexity index is 1130. The van der Waals surface area contributed by atoms with Crippen LogP contribution in [-0.4, -0.2) is 37.1 Å². The molecule has 0 bridgehead atoms. The second kappa shape index (κ2) is 6.34. The largest absolute Gasteiger partial charge is 0.494 e. The Labute approximate surface area is 152 Å². The molecule has 0 saturated carbocycles. The van der Waals surface area contributed by atoms with Gasteiger partial charge in [-0.3, -0.25) is 10.1 Å². The van der Waals surface area contributed by atoms with E-state index in [4.69, 9.17) is 4.74 Å². The summed E-state index contributed by atoms with van der Waals surface area (Å²) in [6.45, 7) is 6.30. The summed E-state index contributed by atoms with van der Waals surface area (Å²) in [5.41, 5.74) is 2.48. The Balaban J connectivity index is 1.61. The summed E-state index contributed by atoms with van der Waals surface area (Å²) in [7, 11) is 0. The van der Waals surface area contributed by atoms with Crippen molar-refractivity contribution in [1.82, 2.24) is 24.6 Å². The van der Waals surface area contributed by atoms with E-state index in [-0.39, 0.29) is 5.82 Å². The summed E-state index contributed by atoms with van der Waals surface area (Å²) in [4.78, 5) is 25.4. The first-order valence-corrected chi connectivity index (χ1v) is 8.91. The minimum absolute atomic E-state index is 0.0560. The standard InChI is InChI=1S/C17H16N6O2S/c1-4-25-11-5-6-12-13(8-11)26-17(19-12)21-15(24)14-20-16-18-9(2)7-10(3)23(16)22-14/h5-8H,4H2,1-3H3,(H,19,21,24). The van der Waals surface area contributed by atoms with E-state index in [0.717, 1.165) is 27.4 Å². The van der Waals surface area contributed by atoms with Crippen LogP contribution in [0.15, 0.2) is 24.3 Å². The molecule has 0 unspecified atom stereocenters. The number of anilines is 1. The average Bonchev–Trinajstić information content (AvgIpc) is 3.18. The molecule has 4 aromatic rings. The van der Waals surface area contributed by atoms with Gasteiger partial charge in [-0.1, -0.05) is 11.3 Å². The Morgan fingerprint density at radius 2 is 2.08 bits per heavy atom. The molecule has 0 radical (unpaired) electrons. The first kappa shape index (κ1) is 16.4. The maximum absolute atomic E-state index is 12.5. The number of hydrogen-bond acceptors (Lipinski definition) is 7. The number of nitrogens with zero attached hydrogens (tertiary/aromatic N) is 5. The van der Waals surface area contributed by atoms with Crippen molar-refractivity contribution in [3.05, 3.63) is 41.5 Å². The number of benzene rings is 1. The van der Waals surface area contributed by atoms with Crippen molar-refractivity contribution in [3.8, 4) is 5.75 Å². The van der Waals surface area contributed by atoms with Crippen LogP contribution in [0, 0.1) is 13.8 Å². The molecule has 0 aliphatic heterocycles. The number of rotatable bonds is 4. The minimum atomic E-state index is -0.420. The highest BCUT2D eigenvalue weighted by atomic mass is 32.1. The summed E-state index contributed by atoms with van der Waals surface area (Å²) in [6.07, 6.45) is 0. The van der Waals surface area contributed by atoms with Crippen LogP contribution in [0.2, 0.25) is 0 Å². The first-order valence-electron chi connectivity index (χ1n) is 8.09. The van der Waals surface area contributed by atoms with E-state index in [2.05, 4.69) is 25.4 Å². The molecule has 1 aromatic carbocycles. The van der Waals surface area contributed by atoms with Crippen molar-refractivity contribution in [3.63, 3.8) is 0 Å². The number of hydrogen-bond donors (Lipinski definition) is 1. The van der Waals surface area contributed by atoms with E-state index in [0.29, 0.717) is 17.5 Å². The summed E-state index contributed by atoms with van der Waals surface area (Å²) in [5.74, 6) is 0.816. The van der Waals surface area contributed by atoms with Gasteiger partial charge >= 0.3 is 0 Å². The Kier molecular flexibility index (Phi) is 4.00. The molecule has 132 valence electrons. The van der Waals surface area contributed by atoms with Gasteiger partial charge in [0.05, 0.1) is 16.8 Å². The normalized spacial score (nSPS) is 11.2. The molecule has 26 heavy (non-hydrogen) atoms. The van der Waals surface area contributed by atoms with Crippen molar-refractivity contribution in [1.29, 1.82) is 0 Å². The fourth-order valence-corrected chi connectivity index (χ4v) is 3.52. The van der Waals surface area contributed by atoms with Crippen molar-refractivity contribution < 1.29 is 9.53 Å². The highest BCUT2D eigenvalue weighted by Crippen LogP contribution is 2.29. The smallest absolute Gasteiger partial charge is 0.297 e. The van der Waals surface area contributed by atoms with Gasteiger partial charge in [-0.15, -0.1) is 5.10 Å². The zero-order valence-electron chi connectivity index (χ0n) is 14.5. The van der Waals surface area contributed by atoms with Gasteiger partial charge in [0.1, 0.15) is 5.75 Å². The number of aromatic nitrogens is 5. The lowest BCUT2D eigenvalue weighted by Gasteiger charge is -2.00. The first-order chi connectivity index (χ1) is 12.5. The van der Waals surface area contributed by atoms with Gasteiger partial charge in [-0.25, -0.2) is 14.5 Å². The lowest BCUT2D eigenvalue weighted by molar-refractivity contribution is 0.101. The fraction of sp³-hybridized carbons (Fsp3) is 0.235. The van der Waals surface area contributed by atoms with Crippen molar-refractivity contribution in [2.75, 3.05) is 11.9 Å². The summed E-state index contributed by atoms with van der Waals surface area (Å²) in [5, 5.41) is 7.47. The lowest BCUT2D eigenvalue weighted by Crippen LogP contribution is -2.13. The van der Waals surface area contributed by atoms with Gasteiger partial charge in [0.25, 0.3) is 11.7 Å². The number of thiazole rings is 1. The van der Waals surface area contributed by atoms with E-state index < -0.39 is 5.91 Å². The molecule has 0 saturated heterocycles. The van der Waals surface area contributed by atoms with Crippen LogP contribution in [0.1, 0.15) is 28.9 Å². The number of carbonyl (C=O) groups excluding carboxylic acids is 1. The zero-order valence-corrected chi connectivity index (χ0v) is 15.3. The van der Waals surface area contributed by atoms with Gasteiger partial charge in [-0.2, -0.15) is 4.98 Å². The van der Waals surface area contributed by atoms with Crippen LogP contribution < -0.4 is 10.1 Å². The van der Waals surface area contributed by atoms with Gasteiger partial charge in [0, 0.05) is 11.4 Å². The molecule has 1 amide bonds. The molecule has 9 heteroatoms. The van der Waals surface area contributed by atoms with Gasteiger partial charge in [0.15, 0.2) is 5.13 Å². The molecule has 0 aliphatic carbocycles. The van der Waals surface area contributed by atoms with Crippen LogP contribution in [-0.2, 0) is 0 Å². The second-order valence-electron chi connectivity index (χ2n) is 5.72. The monoisotopic (exact) mass is 368 g/mol. The number of nitrogens with one attached hydrogen (secondary N) is 1. The van der Waals surface area contributed by atoms with Crippen molar-refractivity contribution >= 4 is 38.4 Å². The van der Waals surface area contributed by atoms with Gasteiger partial charge < -0.3 is 4.74 Å². The van der Waals surface area contributed by atoms with E-state index in [9.17, 15) is 4.79 Å². The third-order valence-corrected chi connectivity index (χ3v) is 4.65. The predicted octanol–water partition coefficient (Wildman–Crippen LogP) is 3.00. The average molecular weight is 368 g/mol. The lowest BCUT2D eigenvalue weighted by atomic mass is 10.3. The Hall–Kier alpha value is -3.07. The summed E-state index contributed by atoms with van der Waals surface area (Å²) >= 11 is 1.37. The topological polar surface area (TPSA) is 94.3 Å². The summed E-state index contributed by atoms with van der Waals surface area (Å²) < 4.78 is 7.97. The van der Waals surface area contributed by atoms with Crippen LogP contribution in [0.25, 0.3) is 16.0 Å². The molecular weight excluding hydrogens is 352 g/mol. The van der Waals surface area contributed by atoms with E-state index >= 15 is 0 Å². The molecule has 1 N–H and O–H groups in total. The van der Waals surface area contributed by atoms with Gasteiger partial charge in [0.2, 0.25) is 5.82 Å². The molecule has 0 spiro atoms. The predicted molar refractivity (Wildman–Crippen MR) is 99.0 cm³/mol. The Morgan fingerprint density at radius 3 is 2.88 bits per heavy atom. The molecule has 0 aliphatic rings. The molecule has 4 rings (SSSR count). The third-order valence-electron chi connectivity index (χ3n) is 3.71. The van der Waals surface area contributed by atoms with Gasteiger partial charge in [-0.05, 0) is 45.0 Å². The molecule has 3 heterocycles. The third kappa shape index (κ3) is 2.97. The number of aryl methyl sites for hydroxylation is 2.